The molecule has 4 heteroatoms. The molecule has 0 aliphatic rings. The van der Waals surface area contributed by atoms with Crippen molar-refractivity contribution in [3.63, 3.8) is 0 Å². The minimum Gasteiger partial charge on any atom is -0.508 e. The number of aryl methyl sites for hydroxylation is 1. The van der Waals surface area contributed by atoms with Gasteiger partial charge in [-0.2, -0.15) is 0 Å². The van der Waals surface area contributed by atoms with E-state index < -0.39 is 0 Å². The molecule has 2 N–H and O–H groups in total. The van der Waals surface area contributed by atoms with Crippen LogP contribution in [0, 0.1) is 6.92 Å². The number of aromatic hydroxyl groups is 1. The van der Waals surface area contributed by atoms with Crippen LogP contribution in [0.4, 0.5) is 5.82 Å². The second kappa shape index (κ2) is 6.32. The molecule has 4 rings (SSSR count). The number of pyridine rings is 1. The summed E-state index contributed by atoms with van der Waals surface area (Å²) in [6.07, 6.45) is 2.03. The zero-order chi connectivity index (χ0) is 17.2. The van der Waals surface area contributed by atoms with Gasteiger partial charge in [-0.3, -0.25) is 4.40 Å². The van der Waals surface area contributed by atoms with E-state index in [1.54, 1.807) is 12.1 Å². The summed E-state index contributed by atoms with van der Waals surface area (Å²) in [5.41, 5.74) is 4.96. The summed E-state index contributed by atoms with van der Waals surface area (Å²) in [7, 11) is 0. The number of hydrogen-bond acceptors (Lipinski definition) is 3. The highest BCUT2D eigenvalue weighted by molar-refractivity contribution is 5.77. The molecule has 25 heavy (non-hydrogen) atoms. The van der Waals surface area contributed by atoms with Crippen LogP contribution >= 0.6 is 0 Å². The molecule has 0 bridgehead atoms. The quantitative estimate of drug-likeness (QED) is 0.574. The molecule has 4 aromatic rings. The lowest BCUT2D eigenvalue weighted by Crippen LogP contribution is -2.03. The Morgan fingerprint density at radius 3 is 2.64 bits per heavy atom. The number of fused-ring (bicyclic) bond motifs is 1. The molecule has 124 valence electrons. The number of hydrogen-bond donors (Lipinski definition) is 2. The van der Waals surface area contributed by atoms with Gasteiger partial charge in [-0.1, -0.05) is 42.5 Å². The van der Waals surface area contributed by atoms with E-state index in [9.17, 15) is 5.11 Å². The number of phenols is 1. The minimum atomic E-state index is 0.236. The Balaban J connectivity index is 1.80. The maximum atomic E-state index is 9.84. The number of nitrogens with zero attached hydrogens (tertiary/aromatic N) is 2. The molecule has 0 aliphatic heterocycles. The molecule has 0 saturated heterocycles. The molecule has 0 spiro atoms. The fourth-order valence-corrected chi connectivity index (χ4v) is 2.95. The smallest absolute Gasteiger partial charge is 0.139 e. The molecule has 2 aromatic heterocycles. The zero-order valence-electron chi connectivity index (χ0n) is 14.0. The highest BCUT2D eigenvalue weighted by Crippen LogP contribution is 2.31. The standard InChI is InChI=1S/C21H19N3O/c1-15-10-11-24-19(12-15)23-20(17-8-5-9-18(25)13-17)21(24)22-14-16-6-3-2-4-7-16/h2-13,22,25H,14H2,1H3. The number of phenolic OH excluding ortho intramolecular Hbond substituents is 1. The molecule has 0 radical (unpaired) electrons. The first kappa shape index (κ1) is 15.3. The molecule has 2 aromatic carbocycles. The fraction of sp³-hybridized carbons (Fsp3) is 0.0952. The van der Waals surface area contributed by atoms with Gasteiger partial charge in [0.05, 0.1) is 0 Å². The van der Waals surface area contributed by atoms with Crippen LogP contribution in [0.1, 0.15) is 11.1 Å². The molecule has 0 aliphatic carbocycles. The van der Waals surface area contributed by atoms with Crippen molar-refractivity contribution in [2.75, 3.05) is 5.32 Å². The number of rotatable bonds is 4. The van der Waals surface area contributed by atoms with Crippen molar-refractivity contribution in [2.24, 2.45) is 0 Å². The van der Waals surface area contributed by atoms with Crippen LogP contribution in [-0.4, -0.2) is 14.5 Å². The minimum absolute atomic E-state index is 0.236. The lowest BCUT2D eigenvalue weighted by molar-refractivity contribution is 0.475. The molecular formula is C21H19N3O. The molecular weight excluding hydrogens is 310 g/mol. The average molecular weight is 329 g/mol. The van der Waals surface area contributed by atoms with Gasteiger partial charge in [0.25, 0.3) is 0 Å². The van der Waals surface area contributed by atoms with Gasteiger partial charge in [-0.25, -0.2) is 4.98 Å². The number of aromatic nitrogens is 2. The monoisotopic (exact) mass is 329 g/mol. The van der Waals surface area contributed by atoms with E-state index >= 15 is 0 Å². The molecule has 0 fully saturated rings. The van der Waals surface area contributed by atoms with Crippen LogP contribution in [-0.2, 0) is 6.54 Å². The number of benzene rings is 2. The maximum absolute atomic E-state index is 9.84. The van der Waals surface area contributed by atoms with Crippen LogP contribution in [0.25, 0.3) is 16.9 Å². The van der Waals surface area contributed by atoms with Gasteiger partial charge in [0.15, 0.2) is 0 Å². The topological polar surface area (TPSA) is 49.6 Å². The van der Waals surface area contributed by atoms with Gasteiger partial charge >= 0.3 is 0 Å². The SMILES string of the molecule is Cc1ccn2c(NCc3ccccc3)c(-c3cccc(O)c3)nc2c1. The summed E-state index contributed by atoms with van der Waals surface area (Å²) in [5, 5.41) is 13.3. The van der Waals surface area contributed by atoms with Crippen LogP contribution < -0.4 is 5.32 Å². The van der Waals surface area contributed by atoms with Gasteiger partial charge in [0.2, 0.25) is 0 Å². The van der Waals surface area contributed by atoms with Crippen molar-refractivity contribution < 1.29 is 5.11 Å². The van der Waals surface area contributed by atoms with E-state index in [4.69, 9.17) is 4.98 Å². The highest BCUT2D eigenvalue weighted by atomic mass is 16.3. The first-order valence-electron chi connectivity index (χ1n) is 8.26. The van der Waals surface area contributed by atoms with Gasteiger partial charge in [0, 0.05) is 18.3 Å². The summed E-state index contributed by atoms with van der Waals surface area (Å²) in [6.45, 7) is 2.76. The highest BCUT2D eigenvalue weighted by Gasteiger charge is 2.14. The fourth-order valence-electron chi connectivity index (χ4n) is 2.95. The van der Waals surface area contributed by atoms with Gasteiger partial charge in [0.1, 0.15) is 22.9 Å². The summed E-state index contributed by atoms with van der Waals surface area (Å²) >= 11 is 0. The Morgan fingerprint density at radius 2 is 1.84 bits per heavy atom. The molecule has 0 amide bonds. The largest absolute Gasteiger partial charge is 0.508 e. The van der Waals surface area contributed by atoms with E-state index in [-0.39, 0.29) is 5.75 Å². The second-order valence-corrected chi connectivity index (χ2v) is 6.13. The number of imidazole rings is 1. The van der Waals surface area contributed by atoms with Crippen LogP contribution in [0.2, 0.25) is 0 Å². The van der Waals surface area contributed by atoms with Crippen LogP contribution in [0.3, 0.4) is 0 Å². The van der Waals surface area contributed by atoms with Crippen molar-refractivity contribution in [1.82, 2.24) is 9.38 Å². The Labute approximate surface area is 146 Å². The summed E-state index contributed by atoms with van der Waals surface area (Å²) in [6, 6.07) is 21.6. The molecule has 2 heterocycles. The first-order valence-corrected chi connectivity index (χ1v) is 8.26. The Hall–Kier alpha value is -3.27. The Bertz CT molecular complexity index is 1020. The van der Waals surface area contributed by atoms with E-state index in [0.717, 1.165) is 28.3 Å². The third-order valence-electron chi connectivity index (χ3n) is 4.20. The van der Waals surface area contributed by atoms with E-state index in [1.807, 2.05) is 36.5 Å². The van der Waals surface area contributed by atoms with Crippen LogP contribution in [0.15, 0.2) is 72.9 Å². The predicted octanol–water partition coefficient (Wildman–Crippen LogP) is 4.63. The summed E-state index contributed by atoms with van der Waals surface area (Å²) < 4.78 is 2.05. The number of nitrogens with one attached hydrogen (secondary N) is 1. The van der Waals surface area contributed by atoms with E-state index in [0.29, 0.717) is 6.54 Å². The van der Waals surface area contributed by atoms with E-state index in [2.05, 4.69) is 40.9 Å². The lowest BCUT2D eigenvalue weighted by Gasteiger charge is -2.09. The van der Waals surface area contributed by atoms with Gasteiger partial charge in [-0.05, 0) is 42.3 Å². The second-order valence-electron chi connectivity index (χ2n) is 6.13. The Morgan fingerprint density at radius 1 is 1.00 bits per heavy atom. The molecule has 0 saturated carbocycles. The molecule has 0 unspecified atom stereocenters. The van der Waals surface area contributed by atoms with Crippen molar-refractivity contribution in [3.8, 4) is 17.0 Å². The first-order chi connectivity index (χ1) is 12.2. The predicted molar refractivity (Wildman–Crippen MR) is 101 cm³/mol. The number of anilines is 1. The van der Waals surface area contributed by atoms with Crippen molar-refractivity contribution >= 4 is 11.5 Å². The maximum Gasteiger partial charge on any atom is 0.139 e. The normalized spacial score (nSPS) is 10.9. The molecule has 4 nitrogen and oxygen atoms in total. The zero-order valence-corrected chi connectivity index (χ0v) is 14.0. The lowest BCUT2D eigenvalue weighted by atomic mass is 10.1. The third kappa shape index (κ3) is 3.06. The van der Waals surface area contributed by atoms with Crippen molar-refractivity contribution in [2.45, 2.75) is 13.5 Å². The average Bonchev–Trinajstić information content (AvgIpc) is 2.98. The van der Waals surface area contributed by atoms with Crippen molar-refractivity contribution in [1.29, 1.82) is 0 Å². The summed E-state index contributed by atoms with van der Waals surface area (Å²) in [5.74, 6) is 1.16. The summed E-state index contributed by atoms with van der Waals surface area (Å²) in [4.78, 5) is 4.79. The van der Waals surface area contributed by atoms with Gasteiger partial charge < -0.3 is 10.4 Å². The Kier molecular flexibility index (Phi) is 3.86. The molecule has 0 atom stereocenters. The van der Waals surface area contributed by atoms with E-state index in [1.165, 1.54) is 5.56 Å². The van der Waals surface area contributed by atoms with Gasteiger partial charge in [-0.15, -0.1) is 0 Å². The van der Waals surface area contributed by atoms with Crippen LogP contribution in [0.5, 0.6) is 5.75 Å². The van der Waals surface area contributed by atoms with Crippen molar-refractivity contribution in [3.05, 3.63) is 84.1 Å². The third-order valence-corrected chi connectivity index (χ3v) is 4.20.